The molecule has 0 bridgehead atoms. The minimum absolute atomic E-state index is 0.157. The average molecular weight is 516 g/mol. The highest BCUT2D eigenvalue weighted by atomic mass is 16.5. The Hall–Kier alpha value is -2.39. The number of hydrogen-bond acceptors (Lipinski definition) is 6. The van der Waals surface area contributed by atoms with Crippen molar-refractivity contribution in [3.05, 3.63) is 23.4 Å². The molecule has 2 amide bonds. The number of unbranched alkanes of at least 4 members (excludes halogenated alkanes) is 1. The van der Waals surface area contributed by atoms with E-state index in [-0.39, 0.29) is 18.1 Å². The number of nitrogens with one attached hydrogen (secondary N) is 2. The summed E-state index contributed by atoms with van der Waals surface area (Å²) >= 11 is 0. The van der Waals surface area contributed by atoms with Crippen LogP contribution in [-0.2, 0) is 22.4 Å². The van der Waals surface area contributed by atoms with Crippen LogP contribution >= 0.6 is 0 Å². The number of nitrogens with zero attached hydrogens (tertiary/aromatic N) is 3. The lowest BCUT2D eigenvalue weighted by Crippen LogP contribution is -2.61. The highest BCUT2D eigenvalue weighted by Crippen LogP contribution is 2.28. The molecule has 2 aliphatic heterocycles. The molecule has 3 aliphatic rings. The first-order valence-electron chi connectivity index (χ1n) is 14.2. The molecule has 4 rings (SSSR count). The lowest BCUT2D eigenvalue weighted by atomic mass is 9.96. The van der Waals surface area contributed by atoms with Crippen molar-refractivity contribution in [2.24, 2.45) is 5.92 Å². The fourth-order valence-corrected chi connectivity index (χ4v) is 5.42. The first-order valence-corrected chi connectivity index (χ1v) is 14.2. The smallest absolute Gasteiger partial charge is 0.326 e. The molecule has 2 fully saturated rings. The lowest BCUT2D eigenvalue weighted by Gasteiger charge is -2.45. The number of aryl methyl sites for hydroxylation is 2. The molecule has 1 aromatic heterocycles. The molecule has 1 saturated heterocycles. The van der Waals surface area contributed by atoms with Crippen LogP contribution in [0.5, 0.6) is 0 Å². The molecule has 3 atom stereocenters. The highest BCUT2D eigenvalue weighted by molar-refractivity contribution is 5.83. The molecule has 0 radical (unpaired) electrons. The van der Waals surface area contributed by atoms with Crippen LogP contribution in [-0.4, -0.2) is 89.4 Å². The third-order valence-corrected chi connectivity index (χ3v) is 7.91. The SMILES string of the molecule is CC1CC(C)N1C(=O)NC(CCN(CCCCc1ccc2c(n1)NCCC2)CCOCC1CC1)C(=O)O. The van der Waals surface area contributed by atoms with Gasteiger partial charge in [0.25, 0.3) is 0 Å². The number of carboxylic acid groups (broad SMARTS) is 1. The standard InChI is InChI=1S/C28H45N5O4/c1-20-18-21(2)33(20)28(36)31-25(27(34)35)12-15-32(16-17-37-19-22-8-9-22)14-4-3-7-24-11-10-23-6-5-13-29-26(23)30-24/h10-11,20-22,25H,3-9,12-19H2,1-2H3,(H,29,30)(H,31,36)(H,34,35). The summed E-state index contributed by atoms with van der Waals surface area (Å²) in [4.78, 5) is 33.4. The molecule has 206 valence electrons. The second kappa shape index (κ2) is 13.4. The number of anilines is 1. The number of fused-ring (bicyclic) bond motifs is 1. The Morgan fingerprint density at radius 1 is 1.22 bits per heavy atom. The number of hydrogen-bond donors (Lipinski definition) is 3. The minimum atomic E-state index is -0.980. The minimum Gasteiger partial charge on any atom is -0.480 e. The van der Waals surface area contributed by atoms with Crippen LogP contribution in [0, 0.1) is 5.92 Å². The molecule has 37 heavy (non-hydrogen) atoms. The van der Waals surface area contributed by atoms with E-state index in [4.69, 9.17) is 9.72 Å². The number of carboxylic acids is 1. The van der Waals surface area contributed by atoms with E-state index in [2.05, 4.69) is 27.7 Å². The third kappa shape index (κ3) is 8.30. The van der Waals surface area contributed by atoms with Gasteiger partial charge in [-0.05, 0) is 95.7 Å². The summed E-state index contributed by atoms with van der Waals surface area (Å²) in [5.74, 6) is 0.790. The average Bonchev–Trinajstić information content (AvgIpc) is 3.70. The zero-order valence-electron chi connectivity index (χ0n) is 22.6. The summed E-state index contributed by atoms with van der Waals surface area (Å²) < 4.78 is 5.86. The van der Waals surface area contributed by atoms with Crippen LogP contribution in [0.25, 0.3) is 0 Å². The van der Waals surface area contributed by atoms with Gasteiger partial charge < -0.3 is 30.3 Å². The lowest BCUT2D eigenvalue weighted by molar-refractivity contribution is -0.139. The zero-order chi connectivity index (χ0) is 26.2. The van der Waals surface area contributed by atoms with Crippen molar-refractivity contribution in [3.63, 3.8) is 0 Å². The van der Waals surface area contributed by atoms with Gasteiger partial charge in [0.05, 0.1) is 6.61 Å². The number of ether oxygens (including phenoxy) is 1. The number of likely N-dealkylation sites (tertiary alicyclic amines) is 1. The number of pyridine rings is 1. The maximum Gasteiger partial charge on any atom is 0.326 e. The first-order chi connectivity index (χ1) is 17.9. The van der Waals surface area contributed by atoms with Gasteiger partial charge in [-0.3, -0.25) is 0 Å². The predicted octanol–water partition coefficient (Wildman–Crippen LogP) is 3.53. The van der Waals surface area contributed by atoms with Crippen molar-refractivity contribution < 1.29 is 19.4 Å². The van der Waals surface area contributed by atoms with E-state index in [1.54, 1.807) is 4.90 Å². The van der Waals surface area contributed by atoms with Crippen molar-refractivity contribution in [3.8, 4) is 0 Å². The Morgan fingerprint density at radius 3 is 2.76 bits per heavy atom. The molecular formula is C28H45N5O4. The van der Waals surface area contributed by atoms with Crippen molar-refractivity contribution >= 4 is 17.8 Å². The number of carbonyl (C=O) groups is 2. The molecule has 0 spiro atoms. The van der Waals surface area contributed by atoms with E-state index in [9.17, 15) is 14.7 Å². The van der Waals surface area contributed by atoms with Gasteiger partial charge in [0.2, 0.25) is 0 Å². The molecule has 9 nitrogen and oxygen atoms in total. The Balaban J connectivity index is 1.23. The van der Waals surface area contributed by atoms with E-state index in [1.807, 2.05) is 13.8 Å². The summed E-state index contributed by atoms with van der Waals surface area (Å²) in [7, 11) is 0. The molecule has 1 aliphatic carbocycles. The quantitative estimate of drug-likeness (QED) is 0.307. The Morgan fingerprint density at radius 2 is 2.03 bits per heavy atom. The van der Waals surface area contributed by atoms with Crippen LogP contribution < -0.4 is 10.6 Å². The van der Waals surface area contributed by atoms with Crippen molar-refractivity contribution in [2.45, 2.75) is 89.8 Å². The summed E-state index contributed by atoms with van der Waals surface area (Å²) in [5.41, 5.74) is 2.43. The Bertz CT molecular complexity index is 901. The molecule has 0 aromatic carbocycles. The molecule has 1 aromatic rings. The number of aromatic nitrogens is 1. The van der Waals surface area contributed by atoms with E-state index in [0.717, 1.165) is 82.2 Å². The van der Waals surface area contributed by atoms with Gasteiger partial charge in [0.15, 0.2) is 0 Å². The zero-order valence-corrected chi connectivity index (χ0v) is 22.6. The van der Waals surface area contributed by atoms with Crippen molar-refractivity contribution in [1.29, 1.82) is 0 Å². The Labute approximate surface area is 221 Å². The van der Waals surface area contributed by atoms with Crippen molar-refractivity contribution in [1.82, 2.24) is 20.1 Å². The van der Waals surface area contributed by atoms with Gasteiger partial charge >= 0.3 is 12.0 Å². The van der Waals surface area contributed by atoms with Crippen LogP contribution in [0.15, 0.2) is 12.1 Å². The number of urea groups is 1. The van der Waals surface area contributed by atoms with E-state index in [1.165, 1.54) is 18.4 Å². The second-order valence-electron chi connectivity index (χ2n) is 11.1. The summed E-state index contributed by atoms with van der Waals surface area (Å²) in [5, 5.41) is 15.9. The largest absolute Gasteiger partial charge is 0.480 e. The first kappa shape index (κ1) is 27.6. The monoisotopic (exact) mass is 515 g/mol. The predicted molar refractivity (Wildman–Crippen MR) is 144 cm³/mol. The second-order valence-corrected chi connectivity index (χ2v) is 11.1. The van der Waals surface area contributed by atoms with Gasteiger partial charge in [0, 0.05) is 44.0 Å². The maximum absolute atomic E-state index is 12.6. The van der Waals surface area contributed by atoms with Gasteiger partial charge in [-0.1, -0.05) is 6.07 Å². The topological polar surface area (TPSA) is 107 Å². The van der Waals surface area contributed by atoms with Gasteiger partial charge in [0.1, 0.15) is 11.9 Å². The Kier molecular flexibility index (Phi) is 10.0. The van der Waals surface area contributed by atoms with E-state index >= 15 is 0 Å². The highest BCUT2D eigenvalue weighted by Gasteiger charge is 2.37. The fraction of sp³-hybridized carbons (Fsp3) is 0.750. The number of rotatable bonds is 15. The number of carbonyl (C=O) groups excluding carboxylic acids is 1. The molecule has 1 saturated carbocycles. The van der Waals surface area contributed by atoms with Crippen LogP contribution in [0.2, 0.25) is 0 Å². The summed E-state index contributed by atoms with van der Waals surface area (Å²) in [6.45, 7) is 8.72. The van der Waals surface area contributed by atoms with Gasteiger partial charge in [-0.2, -0.15) is 0 Å². The summed E-state index contributed by atoms with van der Waals surface area (Å²) in [6, 6.07) is 3.50. The van der Waals surface area contributed by atoms with E-state index < -0.39 is 12.0 Å². The molecular weight excluding hydrogens is 470 g/mol. The van der Waals surface area contributed by atoms with Crippen LogP contribution in [0.3, 0.4) is 0 Å². The summed E-state index contributed by atoms with van der Waals surface area (Å²) in [6.07, 6.45) is 9.08. The molecule has 9 heteroatoms. The molecule has 3 heterocycles. The number of aliphatic carboxylic acids is 1. The molecule has 3 N–H and O–H groups in total. The van der Waals surface area contributed by atoms with Crippen molar-refractivity contribution in [2.75, 3.05) is 44.7 Å². The fourth-order valence-electron chi connectivity index (χ4n) is 5.42. The van der Waals surface area contributed by atoms with E-state index in [0.29, 0.717) is 19.6 Å². The van der Waals surface area contributed by atoms with Crippen LogP contribution in [0.1, 0.15) is 70.1 Å². The van der Waals surface area contributed by atoms with Gasteiger partial charge in [-0.25, -0.2) is 14.6 Å². The third-order valence-electron chi connectivity index (χ3n) is 7.91. The van der Waals surface area contributed by atoms with Crippen LogP contribution in [0.4, 0.5) is 10.6 Å². The maximum atomic E-state index is 12.6. The van der Waals surface area contributed by atoms with Gasteiger partial charge in [-0.15, -0.1) is 0 Å². The normalized spacial score (nSPS) is 21.6. The molecule has 3 unspecified atom stereocenters. The number of amides is 2.